The van der Waals surface area contributed by atoms with Crippen LogP contribution in [0.2, 0.25) is 0 Å². The highest BCUT2D eigenvalue weighted by atomic mass is 15.2. The molecule has 102 valence electrons. The van der Waals surface area contributed by atoms with Gasteiger partial charge in [0, 0.05) is 25.2 Å². The SMILES string of the molecule is CCN(C(C)CN(C)C)C(CN)c1ccccc1. The average Bonchev–Trinajstić information content (AvgIpc) is 2.35. The molecule has 0 aliphatic heterocycles. The first-order valence-electron chi connectivity index (χ1n) is 6.75. The van der Waals surface area contributed by atoms with Gasteiger partial charge in [-0.25, -0.2) is 0 Å². The number of benzene rings is 1. The molecule has 2 N–H and O–H groups in total. The van der Waals surface area contributed by atoms with Crippen LogP contribution in [0.25, 0.3) is 0 Å². The first-order chi connectivity index (χ1) is 8.60. The van der Waals surface area contributed by atoms with Crippen LogP contribution in [0.3, 0.4) is 0 Å². The molecule has 0 aliphatic rings. The van der Waals surface area contributed by atoms with E-state index >= 15 is 0 Å². The highest BCUT2D eigenvalue weighted by Gasteiger charge is 2.22. The van der Waals surface area contributed by atoms with E-state index in [1.807, 2.05) is 0 Å². The molecule has 0 bridgehead atoms. The van der Waals surface area contributed by atoms with Crippen molar-refractivity contribution >= 4 is 0 Å². The lowest BCUT2D eigenvalue weighted by molar-refractivity contribution is 0.131. The Morgan fingerprint density at radius 3 is 2.22 bits per heavy atom. The summed E-state index contributed by atoms with van der Waals surface area (Å²) in [5.74, 6) is 0. The van der Waals surface area contributed by atoms with E-state index in [0.717, 1.165) is 13.1 Å². The Morgan fingerprint density at radius 1 is 1.17 bits per heavy atom. The van der Waals surface area contributed by atoms with Gasteiger partial charge in [0.1, 0.15) is 0 Å². The Balaban J connectivity index is 2.84. The van der Waals surface area contributed by atoms with Gasteiger partial charge in [-0.3, -0.25) is 4.90 Å². The molecule has 3 nitrogen and oxygen atoms in total. The van der Waals surface area contributed by atoms with Crippen LogP contribution < -0.4 is 5.73 Å². The number of nitrogens with two attached hydrogens (primary N) is 1. The van der Waals surface area contributed by atoms with Gasteiger partial charge in [-0.1, -0.05) is 37.3 Å². The van der Waals surface area contributed by atoms with Crippen molar-refractivity contribution in [2.45, 2.75) is 25.9 Å². The fraction of sp³-hybridized carbons (Fsp3) is 0.600. The van der Waals surface area contributed by atoms with Crippen LogP contribution >= 0.6 is 0 Å². The first kappa shape index (κ1) is 15.2. The zero-order chi connectivity index (χ0) is 13.5. The van der Waals surface area contributed by atoms with Gasteiger partial charge in [0.05, 0.1) is 0 Å². The van der Waals surface area contributed by atoms with Gasteiger partial charge in [0.2, 0.25) is 0 Å². The predicted molar refractivity (Wildman–Crippen MR) is 78.6 cm³/mol. The Kier molecular flexibility index (Phi) is 6.33. The highest BCUT2D eigenvalue weighted by molar-refractivity contribution is 5.19. The van der Waals surface area contributed by atoms with Crippen molar-refractivity contribution in [1.29, 1.82) is 0 Å². The van der Waals surface area contributed by atoms with Crippen molar-refractivity contribution in [1.82, 2.24) is 9.80 Å². The van der Waals surface area contributed by atoms with E-state index in [2.05, 4.69) is 68.1 Å². The van der Waals surface area contributed by atoms with Crippen molar-refractivity contribution in [2.75, 3.05) is 33.7 Å². The summed E-state index contributed by atoms with van der Waals surface area (Å²) in [4.78, 5) is 4.71. The average molecular weight is 249 g/mol. The second kappa shape index (κ2) is 7.52. The third kappa shape index (κ3) is 4.09. The smallest absolute Gasteiger partial charge is 0.0473 e. The topological polar surface area (TPSA) is 32.5 Å². The summed E-state index contributed by atoms with van der Waals surface area (Å²) < 4.78 is 0. The number of rotatable bonds is 7. The van der Waals surface area contributed by atoms with E-state index in [9.17, 15) is 0 Å². The van der Waals surface area contributed by atoms with Crippen LogP contribution in [0.1, 0.15) is 25.5 Å². The number of likely N-dealkylation sites (N-methyl/N-ethyl adjacent to an activating group) is 2. The minimum absolute atomic E-state index is 0.311. The van der Waals surface area contributed by atoms with E-state index in [4.69, 9.17) is 5.73 Å². The van der Waals surface area contributed by atoms with E-state index in [0.29, 0.717) is 18.6 Å². The molecule has 0 saturated heterocycles. The lowest BCUT2D eigenvalue weighted by Gasteiger charge is -2.36. The summed E-state index contributed by atoms with van der Waals surface area (Å²) in [6, 6.07) is 11.4. The quantitative estimate of drug-likeness (QED) is 0.802. The standard InChI is InChI=1S/C15H27N3/c1-5-18(13(2)12-17(3)4)15(11-16)14-9-7-6-8-10-14/h6-10,13,15H,5,11-12,16H2,1-4H3. The molecular formula is C15H27N3. The maximum Gasteiger partial charge on any atom is 0.0473 e. The molecule has 1 aromatic rings. The van der Waals surface area contributed by atoms with Crippen molar-refractivity contribution in [3.8, 4) is 0 Å². The number of nitrogens with zero attached hydrogens (tertiary/aromatic N) is 2. The van der Waals surface area contributed by atoms with Crippen LogP contribution in [-0.2, 0) is 0 Å². The maximum atomic E-state index is 5.99. The van der Waals surface area contributed by atoms with Crippen LogP contribution in [0.5, 0.6) is 0 Å². The van der Waals surface area contributed by atoms with Gasteiger partial charge in [-0.05, 0) is 33.1 Å². The van der Waals surface area contributed by atoms with Crippen LogP contribution in [0.4, 0.5) is 0 Å². The molecule has 1 aromatic carbocycles. The van der Waals surface area contributed by atoms with Crippen molar-refractivity contribution in [3.63, 3.8) is 0 Å². The molecule has 3 heteroatoms. The van der Waals surface area contributed by atoms with Gasteiger partial charge in [0.25, 0.3) is 0 Å². The Labute approximate surface area is 112 Å². The van der Waals surface area contributed by atoms with Gasteiger partial charge in [0.15, 0.2) is 0 Å². The second-order valence-electron chi connectivity index (χ2n) is 5.10. The highest BCUT2D eigenvalue weighted by Crippen LogP contribution is 2.21. The van der Waals surface area contributed by atoms with E-state index in [-0.39, 0.29) is 0 Å². The summed E-state index contributed by atoms with van der Waals surface area (Å²) >= 11 is 0. The minimum atomic E-state index is 0.311. The zero-order valence-electron chi connectivity index (χ0n) is 12.1. The molecule has 2 atom stereocenters. The normalized spacial score (nSPS) is 15.1. The number of hydrogen-bond acceptors (Lipinski definition) is 3. The third-order valence-electron chi connectivity index (χ3n) is 3.37. The Morgan fingerprint density at radius 2 is 1.78 bits per heavy atom. The molecule has 1 rings (SSSR count). The molecule has 0 heterocycles. The monoisotopic (exact) mass is 249 g/mol. The van der Waals surface area contributed by atoms with Gasteiger partial charge in [-0.2, -0.15) is 0 Å². The van der Waals surface area contributed by atoms with Gasteiger partial charge in [-0.15, -0.1) is 0 Å². The fourth-order valence-electron chi connectivity index (χ4n) is 2.61. The largest absolute Gasteiger partial charge is 0.329 e. The summed E-state index contributed by atoms with van der Waals surface area (Å²) in [5, 5.41) is 0. The van der Waals surface area contributed by atoms with E-state index in [1.165, 1.54) is 5.56 Å². The van der Waals surface area contributed by atoms with Crippen molar-refractivity contribution in [3.05, 3.63) is 35.9 Å². The van der Waals surface area contributed by atoms with Crippen LogP contribution in [0, 0.1) is 0 Å². The first-order valence-corrected chi connectivity index (χ1v) is 6.75. The second-order valence-corrected chi connectivity index (χ2v) is 5.10. The molecule has 0 aliphatic carbocycles. The molecule has 0 aromatic heterocycles. The summed E-state index contributed by atoms with van der Waals surface area (Å²) in [7, 11) is 4.23. The molecule has 18 heavy (non-hydrogen) atoms. The van der Waals surface area contributed by atoms with Crippen LogP contribution in [0.15, 0.2) is 30.3 Å². The third-order valence-corrected chi connectivity index (χ3v) is 3.37. The number of hydrogen-bond donors (Lipinski definition) is 1. The molecule has 0 spiro atoms. The van der Waals surface area contributed by atoms with Crippen molar-refractivity contribution < 1.29 is 0 Å². The minimum Gasteiger partial charge on any atom is -0.329 e. The molecule has 2 unspecified atom stereocenters. The molecule has 0 radical (unpaired) electrons. The van der Waals surface area contributed by atoms with E-state index < -0.39 is 0 Å². The fourth-order valence-corrected chi connectivity index (χ4v) is 2.61. The molecular weight excluding hydrogens is 222 g/mol. The van der Waals surface area contributed by atoms with Crippen LogP contribution in [-0.4, -0.2) is 49.6 Å². The zero-order valence-corrected chi connectivity index (χ0v) is 12.1. The maximum absolute atomic E-state index is 5.99. The summed E-state index contributed by atoms with van der Waals surface area (Å²) in [6.45, 7) is 7.21. The Hall–Kier alpha value is -0.900. The Bertz CT molecular complexity index is 324. The summed E-state index contributed by atoms with van der Waals surface area (Å²) in [5.41, 5.74) is 7.31. The summed E-state index contributed by atoms with van der Waals surface area (Å²) in [6.07, 6.45) is 0. The molecule has 0 fully saturated rings. The molecule has 0 saturated carbocycles. The predicted octanol–water partition coefficient (Wildman–Crippen LogP) is 1.96. The van der Waals surface area contributed by atoms with E-state index in [1.54, 1.807) is 0 Å². The lowest BCUT2D eigenvalue weighted by atomic mass is 10.0. The van der Waals surface area contributed by atoms with Gasteiger partial charge < -0.3 is 10.6 Å². The van der Waals surface area contributed by atoms with Crippen molar-refractivity contribution in [2.24, 2.45) is 5.73 Å². The van der Waals surface area contributed by atoms with Gasteiger partial charge >= 0.3 is 0 Å². The molecule has 0 amide bonds. The lowest BCUT2D eigenvalue weighted by Crippen LogP contribution is -2.44.